The van der Waals surface area contributed by atoms with Crippen LogP contribution in [0, 0.1) is 0 Å². The van der Waals surface area contributed by atoms with Crippen molar-refractivity contribution in [1.29, 1.82) is 0 Å². The Kier molecular flexibility index (Phi) is 3.45. The van der Waals surface area contributed by atoms with Crippen molar-refractivity contribution >= 4 is 33.3 Å². The Morgan fingerprint density at radius 3 is 2.86 bits per heavy atom. The van der Waals surface area contributed by atoms with Crippen LogP contribution >= 0.6 is 11.3 Å². The second-order valence-electron chi connectivity index (χ2n) is 5.31. The molecule has 0 saturated heterocycles. The van der Waals surface area contributed by atoms with Crippen LogP contribution in [0.15, 0.2) is 0 Å². The number of aromatic nitrogens is 2. The summed E-state index contributed by atoms with van der Waals surface area (Å²) in [6.45, 7) is 0.390. The van der Waals surface area contributed by atoms with Gasteiger partial charge in [-0.1, -0.05) is 0 Å². The first-order valence-electron chi connectivity index (χ1n) is 6.79. The van der Waals surface area contributed by atoms with Crippen molar-refractivity contribution in [3.05, 3.63) is 10.4 Å². The van der Waals surface area contributed by atoms with Crippen molar-refractivity contribution in [3.8, 4) is 0 Å². The van der Waals surface area contributed by atoms with Crippen molar-refractivity contribution in [2.75, 3.05) is 24.6 Å². The maximum atomic E-state index is 14.0. The quantitative estimate of drug-likeness (QED) is 0.809. The maximum absolute atomic E-state index is 14.0. The molecule has 1 unspecified atom stereocenters. The monoisotopic (exact) mass is 313 g/mol. The van der Waals surface area contributed by atoms with Gasteiger partial charge in [0.15, 0.2) is 0 Å². The second kappa shape index (κ2) is 5.03. The van der Waals surface area contributed by atoms with Crippen molar-refractivity contribution in [3.63, 3.8) is 0 Å². The van der Waals surface area contributed by atoms with Gasteiger partial charge in [-0.15, -0.1) is 11.3 Å². The van der Waals surface area contributed by atoms with E-state index < -0.39 is 5.92 Å². The molecule has 2 heterocycles. The van der Waals surface area contributed by atoms with Gasteiger partial charge in [-0.2, -0.15) is 4.98 Å². The van der Waals surface area contributed by atoms with E-state index in [1.165, 1.54) is 11.3 Å². The molecule has 0 radical (unpaired) electrons. The molecule has 0 spiro atoms. The van der Waals surface area contributed by atoms with E-state index in [2.05, 4.69) is 15.3 Å². The van der Waals surface area contributed by atoms with Gasteiger partial charge in [-0.25, -0.2) is 13.8 Å². The lowest BCUT2D eigenvalue weighted by atomic mass is 9.84. The van der Waals surface area contributed by atoms with Gasteiger partial charge in [0.25, 0.3) is 5.92 Å². The summed E-state index contributed by atoms with van der Waals surface area (Å²) in [4.78, 5) is 9.27. The van der Waals surface area contributed by atoms with Gasteiger partial charge in [0.05, 0.1) is 10.2 Å². The molecule has 2 aromatic rings. The predicted molar refractivity (Wildman–Crippen MR) is 81.1 cm³/mol. The Bertz CT molecular complexity index is 685. The lowest BCUT2D eigenvalue weighted by Gasteiger charge is -2.28. The molecule has 0 aromatic carbocycles. The van der Waals surface area contributed by atoms with Gasteiger partial charge in [0, 0.05) is 30.7 Å². The number of hydrogen-bond acceptors (Lipinski definition) is 6. The molecule has 1 aliphatic carbocycles. The predicted octanol–water partition coefficient (Wildman–Crippen LogP) is 2.33. The van der Waals surface area contributed by atoms with Crippen molar-refractivity contribution in [1.82, 2.24) is 9.97 Å². The summed E-state index contributed by atoms with van der Waals surface area (Å²) < 4.78 is 28.8. The first-order valence-corrected chi connectivity index (χ1v) is 7.61. The zero-order valence-corrected chi connectivity index (χ0v) is 12.4. The summed E-state index contributed by atoms with van der Waals surface area (Å²) in [5, 5.41) is 2.95. The minimum atomic E-state index is -2.72. The summed E-state index contributed by atoms with van der Waals surface area (Å²) in [6, 6.07) is 0. The van der Waals surface area contributed by atoms with E-state index in [-0.39, 0.29) is 24.7 Å². The van der Waals surface area contributed by atoms with Crippen LogP contribution in [0.1, 0.15) is 29.2 Å². The fourth-order valence-electron chi connectivity index (χ4n) is 2.95. The molecule has 5 nitrogen and oxygen atoms in total. The zero-order chi connectivity index (χ0) is 15.2. The standard InChI is InChI=1S/C13H17F2N5S/c1-18-11-10-8(19-12(17)20-11)7-5-13(14,15)4-6(2-3-16)9(7)21-10/h6H,2-5,16H2,1H3,(H3,17,18,19,20). The largest absolute Gasteiger partial charge is 0.372 e. The molecule has 2 aromatic heterocycles. The first-order chi connectivity index (χ1) is 9.95. The molecule has 3 rings (SSSR count). The highest BCUT2D eigenvalue weighted by Crippen LogP contribution is 2.49. The normalized spacial score (nSPS) is 20.5. The molecule has 5 N–H and O–H groups in total. The van der Waals surface area contributed by atoms with E-state index in [0.29, 0.717) is 29.9 Å². The number of alkyl halides is 2. The smallest absolute Gasteiger partial charge is 0.252 e. The molecule has 114 valence electrons. The van der Waals surface area contributed by atoms with Crippen LogP contribution in [0.5, 0.6) is 0 Å². The topological polar surface area (TPSA) is 89.8 Å². The van der Waals surface area contributed by atoms with Crippen LogP contribution in [-0.4, -0.2) is 29.5 Å². The van der Waals surface area contributed by atoms with Crippen molar-refractivity contribution < 1.29 is 8.78 Å². The van der Waals surface area contributed by atoms with Gasteiger partial charge in [-0.05, 0) is 18.5 Å². The molecule has 0 amide bonds. The number of rotatable bonds is 3. The van der Waals surface area contributed by atoms with Gasteiger partial charge in [0.2, 0.25) is 5.95 Å². The third kappa shape index (κ3) is 2.42. The highest BCUT2D eigenvalue weighted by Gasteiger charge is 2.41. The summed E-state index contributed by atoms with van der Waals surface area (Å²) in [5.74, 6) is -2.26. The Hall–Kier alpha value is -1.54. The van der Waals surface area contributed by atoms with Gasteiger partial charge in [-0.3, -0.25) is 0 Å². The Morgan fingerprint density at radius 1 is 1.43 bits per heavy atom. The molecule has 0 fully saturated rings. The summed E-state index contributed by atoms with van der Waals surface area (Å²) in [6.07, 6.45) is 0.109. The Morgan fingerprint density at radius 2 is 2.19 bits per heavy atom. The average Bonchev–Trinajstić information content (AvgIpc) is 2.76. The highest BCUT2D eigenvalue weighted by atomic mass is 32.1. The van der Waals surface area contributed by atoms with Crippen LogP contribution in [0.2, 0.25) is 0 Å². The third-order valence-corrected chi connectivity index (χ3v) is 5.17. The fourth-order valence-corrected chi connectivity index (χ4v) is 4.34. The lowest BCUT2D eigenvalue weighted by molar-refractivity contribution is -0.0201. The summed E-state index contributed by atoms with van der Waals surface area (Å²) in [5.41, 5.74) is 12.4. The van der Waals surface area contributed by atoms with Crippen molar-refractivity contribution in [2.45, 2.75) is 31.1 Å². The van der Waals surface area contributed by atoms with Crippen LogP contribution in [0.4, 0.5) is 20.5 Å². The minimum absolute atomic E-state index is 0.0942. The number of thiophene rings is 1. The van der Waals surface area contributed by atoms with Crippen LogP contribution < -0.4 is 16.8 Å². The average molecular weight is 313 g/mol. The van der Waals surface area contributed by atoms with Gasteiger partial charge >= 0.3 is 0 Å². The summed E-state index contributed by atoms with van der Waals surface area (Å²) >= 11 is 1.48. The lowest BCUT2D eigenvalue weighted by Crippen LogP contribution is -2.29. The van der Waals surface area contributed by atoms with E-state index in [0.717, 1.165) is 9.58 Å². The number of nitrogens with two attached hydrogens (primary N) is 2. The van der Waals surface area contributed by atoms with Gasteiger partial charge in [0.1, 0.15) is 5.82 Å². The molecule has 1 atom stereocenters. The Balaban J connectivity index is 2.23. The molecule has 8 heteroatoms. The molecule has 21 heavy (non-hydrogen) atoms. The van der Waals surface area contributed by atoms with Crippen LogP contribution in [0.25, 0.3) is 10.2 Å². The molecule has 0 saturated carbocycles. The fraction of sp³-hybridized carbons (Fsp3) is 0.538. The van der Waals surface area contributed by atoms with E-state index >= 15 is 0 Å². The third-order valence-electron chi connectivity index (χ3n) is 3.78. The van der Waals surface area contributed by atoms with E-state index in [9.17, 15) is 8.78 Å². The minimum Gasteiger partial charge on any atom is -0.372 e. The summed E-state index contributed by atoms with van der Waals surface area (Å²) in [7, 11) is 1.73. The van der Waals surface area contributed by atoms with Crippen LogP contribution in [0.3, 0.4) is 0 Å². The maximum Gasteiger partial charge on any atom is 0.252 e. The number of halogens is 2. The SMILES string of the molecule is CNc1nc(N)nc2c3c(sc12)C(CCN)CC(F)(F)C3. The van der Waals surface area contributed by atoms with Crippen molar-refractivity contribution in [2.24, 2.45) is 5.73 Å². The number of fused-ring (bicyclic) bond motifs is 3. The second-order valence-corrected chi connectivity index (χ2v) is 6.37. The number of hydrogen-bond donors (Lipinski definition) is 3. The van der Waals surface area contributed by atoms with Crippen LogP contribution in [-0.2, 0) is 6.42 Å². The number of nitrogens with one attached hydrogen (secondary N) is 1. The molecular formula is C13H17F2N5S. The molecular weight excluding hydrogens is 296 g/mol. The molecule has 0 bridgehead atoms. The number of nitrogen functional groups attached to an aromatic ring is 1. The van der Waals surface area contributed by atoms with Gasteiger partial charge < -0.3 is 16.8 Å². The van der Waals surface area contributed by atoms with E-state index in [1.807, 2.05) is 0 Å². The zero-order valence-electron chi connectivity index (χ0n) is 11.6. The number of nitrogens with zero attached hydrogens (tertiary/aromatic N) is 2. The number of anilines is 2. The Labute approximate surface area is 124 Å². The first kappa shape index (κ1) is 14.4. The van der Waals surface area contributed by atoms with E-state index in [4.69, 9.17) is 11.5 Å². The van der Waals surface area contributed by atoms with E-state index in [1.54, 1.807) is 7.05 Å². The highest BCUT2D eigenvalue weighted by molar-refractivity contribution is 7.20. The molecule has 1 aliphatic rings. The molecule has 0 aliphatic heterocycles.